The molecule has 2 atom stereocenters. The maximum absolute atomic E-state index is 10.8. The van der Waals surface area contributed by atoms with Gasteiger partial charge in [-0.05, 0) is 24.9 Å². The number of ether oxygens (including phenoxy) is 1. The lowest BCUT2D eigenvalue weighted by atomic mass is 9.89. The van der Waals surface area contributed by atoms with Crippen LogP contribution < -0.4 is 5.32 Å². The topological polar surface area (TPSA) is 64.4 Å². The van der Waals surface area contributed by atoms with Crippen molar-refractivity contribution in [3.05, 3.63) is 39.9 Å². The minimum Gasteiger partial charge on any atom is -0.381 e. The summed E-state index contributed by atoms with van der Waals surface area (Å²) < 4.78 is 5.53. The minimum atomic E-state index is -0.345. The summed E-state index contributed by atoms with van der Waals surface area (Å²) in [5, 5.41) is 14.3. The van der Waals surface area contributed by atoms with E-state index in [2.05, 4.69) is 12.2 Å². The van der Waals surface area contributed by atoms with E-state index in [0.29, 0.717) is 12.0 Å². The van der Waals surface area contributed by atoms with Crippen LogP contribution in [0.3, 0.4) is 0 Å². The summed E-state index contributed by atoms with van der Waals surface area (Å²) >= 11 is 0. The van der Waals surface area contributed by atoms with Crippen LogP contribution in [0.25, 0.3) is 0 Å². The second kappa shape index (κ2) is 6.63. The van der Waals surface area contributed by atoms with Crippen LogP contribution >= 0.6 is 0 Å². The van der Waals surface area contributed by atoms with E-state index >= 15 is 0 Å². The van der Waals surface area contributed by atoms with E-state index in [0.717, 1.165) is 38.2 Å². The lowest BCUT2D eigenvalue weighted by molar-refractivity contribution is -0.384. The average molecular weight is 264 g/mol. The number of rotatable bonds is 5. The highest BCUT2D eigenvalue weighted by molar-refractivity contribution is 5.34. The summed E-state index contributed by atoms with van der Waals surface area (Å²) in [7, 11) is 0. The van der Waals surface area contributed by atoms with Gasteiger partial charge in [0.15, 0.2) is 0 Å². The van der Waals surface area contributed by atoms with E-state index < -0.39 is 0 Å². The molecule has 0 amide bonds. The fraction of sp³-hybridized carbons (Fsp3) is 0.571. The molecule has 1 aliphatic heterocycles. The van der Waals surface area contributed by atoms with E-state index in [1.807, 2.05) is 6.07 Å². The lowest BCUT2D eigenvalue weighted by Crippen LogP contribution is -2.43. The first kappa shape index (κ1) is 14.0. The van der Waals surface area contributed by atoms with Crippen LogP contribution in [0.4, 0.5) is 5.69 Å². The normalized spacial score (nSPS) is 23.2. The van der Waals surface area contributed by atoms with Gasteiger partial charge in [-0.3, -0.25) is 10.1 Å². The molecular formula is C14H20N2O3. The predicted molar refractivity (Wildman–Crippen MR) is 73.2 cm³/mol. The Morgan fingerprint density at radius 3 is 3.11 bits per heavy atom. The molecule has 0 saturated carbocycles. The van der Waals surface area contributed by atoms with Gasteiger partial charge in [0.2, 0.25) is 0 Å². The molecule has 5 heteroatoms. The van der Waals surface area contributed by atoms with Crippen molar-refractivity contribution in [3.63, 3.8) is 0 Å². The van der Waals surface area contributed by atoms with Crippen LogP contribution in [0.15, 0.2) is 24.3 Å². The SMILES string of the molecule is CCNC1CCOCC1Cc1cccc([N+](=O)[O-])c1. The standard InChI is InChI=1S/C14H20N2O3/c1-2-15-14-6-7-19-10-12(14)8-11-4-3-5-13(9-11)16(17)18/h3-5,9,12,14-15H,2,6-8,10H2,1H3. The van der Waals surface area contributed by atoms with Crippen LogP contribution in [0.2, 0.25) is 0 Å². The third-order valence-corrected chi connectivity index (χ3v) is 3.56. The van der Waals surface area contributed by atoms with Crippen LogP contribution in [0.5, 0.6) is 0 Å². The number of nitrogens with zero attached hydrogens (tertiary/aromatic N) is 1. The van der Waals surface area contributed by atoms with Crippen molar-refractivity contribution in [3.8, 4) is 0 Å². The summed E-state index contributed by atoms with van der Waals surface area (Å²) in [6.07, 6.45) is 1.83. The summed E-state index contributed by atoms with van der Waals surface area (Å²) in [6, 6.07) is 7.34. The fourth-order valence-corrected chi connectivity index (χ4v) is 2.63. The maximum atomic E-state index is 10.8. The van der Waals surface area contributed by atoms with Gasteiger partial charge in [-0.15, -0.1) is 0 Å². The molecule has 0 spiro atoms. The molecular weight excluding hydrogens is 244 g/mol. The Bertz CT molecular complexity index is 434. The van der Waals surface area contributed by atoms with Crippen molar-refractivity contribution in [2.75, 3.05) is 19.8 Å². The molecule has 5 nitrogen and oxygen atoms in total. The molecule has 1 saturated heterocycles. The Morgan fingerprint density at radius 2 is 2.37 bits per heavy atom. The number of hydrogen-bond donors (Lipinski definition) is 1. The van der Waals surface area contributed by atoms with E-state index in [1.54, 1.807) is 12.1 Å². The zero-order valence-corrected chi connectivity index (χ0v) is 11.2. The number of benzene rings is 1. The molecule has 2 unspecified atom stereocenters. The highest BCUT2D eigenvalue weighted by Crippen LogP contribution is 2.22. The Labute approximate surface area is 113 Å². The maximum Gasteiger partial charge on any atom is 0.269 e. The van der Waals surface area contributed by atoms with Crippen molar-refractivity contribution in [1.29, 1.82) is 0 Å². The molecule has 2 rings (SSSR count). The first-order valence-electron chi connectivity index (χ1n) is 6.75. The number of nitro groups is 1. The van der Waals surface area contributed by atoms with Crippen LogP contribution in [0, 0.1) is 16.0 Å². The number of hydrogen-bond acceptors (Lipinski definition) is 4. The van der Waals surface area contributed by atoms with Crippen LogP contribution in [-0.4, -0.2) is 30.7 Å². The summed E-state index contributed by atoms with van der Waals surface area (Å²) in [5.74, 6) is 0.385. The van der Waals surface area contributed by atoms with Crippen LogP contribution in [-0.2, 0) is 11.2 Å². The van der Waals surface area contributed by atoms with Gasteiger partial charge in [-0.25, -0.2) is 0 Å². The van der Waals surface area contributed by atoms with Gasteiger partial charge < -0.3 is 10.1 Å². The van der Waals surface area contributed by atoms with Crippen molar-refractivity contribution >= 4 is 5.69 Å². The summed E-state index contributed by atoms with van der Waals surface area (Å²) in [4.78, 5) is 10.4. The average Bonchev–Trinajstić information content (AvgIpc) is 2.41. The van der Waals surface area contributed by atoms with Crippen LogP contribution in [0.1, 0.15) is 18.9 Å². The molecule has 0 aromatic heterocycles. The molecule has 1 aliphatic rings. The van der Waals surface area contributed by atoms with E-state index in [9.17, 15) is 10.1 Å². The number of nitrogens with one attached hydrogen (secondary N) is 1. The third-order valence-electron chi connectivity index (χ3n) is 3.56. The smallest absolute Gasteiger partial charge is 0.269 e. The second-order valence-corrected chi connectivity index (χ2v) is 4.92. The van der Waals surface area contributed by atoms with Gasteiger partial charge in [0.1, 0.15) is 0 Å². The van der Waals surface area contributed by atoms with Gasteiger partial charge in [0.05, 0.1) is 11.5 Å². The van der Waals surface area contributed by atoms with E-state index in [1.165, 1.54) is 6.07 Å². The quantitative estimate of drug-likeness (QED) is 0.653. The summed E-state index contributed by atoms with van der Waals surface area (Å²) in [5.41, 5.74) is 1.17. The van der Waals surface area contributed by atoms with Crippen molar-refractivity contribution in [2.24, 2.45) is 5.92 Å². The Kier molecular flexibility index (Phi) is 4.87. The Hall–Kier alpha value is -1.46. The van der Waals surface area contributed by atoms with Gasteiger partial charge in [-0.2, -0.15) is 0 Å². The molecule has 0 bridgehead atoms. The molecule has 1 heterocycles. The molecule has 104 valence electrons. The van der Waals surface area contributed by atoms with E-state index in [4.69, 9.17) is 4.74 Å². The minimum absolute atomic E-state index is 0.161. The molecule has 1 aromatic rings. The number of non-ortho nitro benzene ring substituents is 1. The number of nitro benzene ring substituents is 1. The molecule has 19 heavy (non-hydrogen) atoms. The van der Waals surface area contributed by atoms with Crippen molar-refractivity contribution < 1.29 is 9.66 Å². The highest BCUT2D eigenvalue weighted by atomic mass is 16.6. The Balaban J connectivity index is 2.06. The largest absolute Gasteiger partial charge is 0.381 e. The van der Waals surface area contributed by atoms with Gasteiger partial charge in [-0.1, -0.05) is 19.1 Å². The predicted octanol–water partition coefficient (Wildman–Crippen LogP) is 2.15. The third kappa shape index (κ3) is 3.75. The van der Waals surface area contributed by atoms with Crippen molar-refractivity contribution in [2.45, 2.75) is 25.8 Å². The monoisotopic (exact) mass is 264 g/mol. The van der Waals surface area contributed by atoms with E-state index in [-0.39, 0.29) is 10.6 Å². The molecule has 1 fully saturated rings. The fourth-order valence-electron chi connectivity index (χ4n) is 2.63. The molecule has 1 N–H and O–H groups in total. The zero-order valence-electron chi connectivity index (χ0n) is 11.2. The first-order chi connectivity index (χ1) is 9.20. The van der Waals surface area contributed by atoms with Crippen molar-refractivity contribution in [1.82, 2.24) is 5.32 Å². The molecule has 1 aromatic carbocycles. The highest BCUT2D eigenvalue weighted by Gasteiger charge is 2.25. The molecule has 0 radical (unpaired) electrons. The van der Waals surface area contributed by atoms with Gasteiger partial charge in [0, 0.05) is 30.7 Å². The first-order valence-corrected chi connectivity index (χ1v) is 6.75. The zero-order chi connectivity index (χ0) is 13.7. The molecule has 0 aliphatic carbocycles. The Morgan fingerprint density at radius 1 is 1.53 bits per heavy atom. The summed E-state index contributed by atoms with van der Waals surface area (Å²) in [6.45, 7) is 4.56. The van der Waals surface area contributed by atoms with Gasteiger partial charge >= 0.3 is 0 Å². The lowest BCUT2D eigenvalue weighted by Gasteiger charge is -2.32. The second-order valence-electron chi connectivity index (χ2n) is 4.92. The van der Waals surface area contributed by atoms with Gasteiger partial charge in [0.25, 0.3) is 5.69 Å².